The Morgan fingerprint density at radius 2 is 1.95 bits per heavy atom. The van der Waals surface area contributed by atoms with Crippen molar-refractivity contribution >= 4 is 12.0 Å². The van der Waals surface area contributed by atoms with Crippen LogP contribution in [0.15, 0.2) is 0 Å². The number of piperidine rings is 1. The molecule has 0 radical (unpaired) electrons. The number of halogens is 3. The SMILES string of the molecule is CC1CCCN(C(=O)NC2(C(F)(F)F)CC2)C1C(=O)O. The van der Waals surface area contributed by atoms with E-state index in [9.17, 15) is 22.8 Å². The lowest BCUT2D eigenvalue weighted by atomic mass is 9.91. The zero-order valence-corrected chi connectivity index (χ0v) is 11.0. The van der Waals surface area contributed by atoms with E-state index in [1.165, 1.54) is 0 Å². The summed E-state index contributed by atoms with van der Waals surface area (Å²) in [7, 11) is 0. The van der Waals surface area contributed by atoms with Gasteiger partial charge in [-0.1, -0.05) is 6.92 Å². The fraction of sp³-hybridized carbons (Fsp3) is 0.833. The van der Waals surface area contributed by atoms with Gasteiger partial charge in [0.15, 0.2) is 0 Å². The molecule has 1 saturated carbocycles. The summed E-state index contributed by atoms with van der Waals surface area (Å²) < 4.78 is 38.4. The molecule has 20 heavy (non-hydrogen) atoms. The Morgan fingerprint density at radius 3 is 2.40 bits per heavy atom. The number of aliphatic carboxylic acids is 1. The maximum Gasteiger partial charge on any atom is 0.411 e. The van der Waals surface area contributed by atoms with Crippen molar-refractivity contribution in [2.24, 2.45) is 5.92 Å². The molecule has 2 rings (SSSR count). The van der Waals surface area contributed by atoms with Crippen LogP contribution in [-0.4, -0.2) is 46.3 Å². The summed E-state index contributed by atoms with van der Waals surface area (Å²) in [5, 5.41) is 11.1. The van der Waals surface area contributed by atoms with Crippen molar-refractivity contribution in [2.75, 3.05) is 6.54 Å². The largest absolute Gasteiger partial charge is 0.480 e. The highest BCUT2D eigenvalue weighted by Gasteiger charge is 2.64. The number of likely N-dealkylation sites (tertiary alicyclic amines) is 1. The van der Waals surface area contributed by atoms with E-state index in [1.54, 1.807) is 6.92 Å². The van der Waals surface area contributed by atoms with Crippen LogP contribution in [0.5, 0.6) is 0 Å². The summed E-state index contributed by atoms with van der Waals surface area (Å²) in [5.41, 5.74) is -2.16. The van der Waals surface area contributed by atoms with E-state index in [2.05, 4.69) is 0 Å². The molecule has 0 aromatic heterocycles. The maximum absolute atomic E-state index is 12.8. The topological polar surface area (TPSA) is 69.6 Å². The third kappa shape index (κ3) is 2.55. The lowest BCUT2D eigenvalue weighted by Crippen LogP contribution is -2.59. The highest BCUT2D eigenvalue weighted by molar-refractivity contribution is 5.83. The third-order valence-electron chi connectivity index (χ3n) is 4.09. The number of amides is 2. The molecule has 2 unspecified atom stereocenters. The molecule has 0 aromatic rings. The molecule has 5 nitrogen and oxygen atoms in total. The summed E-state index contributed by atoms with van der Waals surface area (Å²) >= 11 is 0. The molecule has 0 aromatic carbocycles. The number of carboxylic acids is 1. The van der Waals surface area contributed by atoms with Gasteiger partial charge in [-0.25, -0.2) is 9.59 Å². The van der Waals surface area contributed by atoms with E-state index in [0.29, 0.717) is 12.8 Å². The number of alkyl halides is 3. The Kier molecular flexibility index (Phi) is 3.60. The number of nitrogens with zero attached hydrogens (tertiary/aromatic N) is 1. The van der Waals surface area contributed by atoms with Gasteiger partial charge in [0.25, 0.3) is 0 Å². The van der Waals surface area contributed by atoms with Crippen molar-refractivity contribution in [1.82, 2.24) is 10.2 Å². The van der Waals surface area contributed by atoms with Crippen molar-refractivity contribution in [3.05, 3.63) is 0 Å². The van der Waals surface area contributed by atoms with Crippen molar-refractivity contribution < 1.29 is 27.9 Å². The van der Waals surface area contributed by atoms with Gasteiger partial charge in [-0.05, 0) is 31.6 Å². The molecule has 1 heterocycles. The standard InChI is InChI=1S/C12H17F3N2O3/c1-7-3-2-6-17(8(7)9(18)19)10(20)16-11(4-5-11)12(13,14)15/h7-8H,2-6H2,1H3,(H,16,20)(H,18,19). The minimum atomic E-state index is -4.50. The Morgan fingerprint density at radius 1 is 1.35 bits per heavy atom. The minimum absolute atomic E-state index is 0.149. The van der Waals surface area contributed by atoms with Crippen LogP contribution >= 0.6 is 0 Å². The number of hydrogen-bond acceptors (Lipinski definition) is 2. The van der Waals surface area contributed by atoms with Gasteiger partial charge < -0.3 is 15.3 Å². The third-order valence-corrected chi connectivity index (χ3v) is 4.09. The number of rotatable bonds is 2. The summed E-state index contributed by atoms with van der Waals surface area (Å²) in [6.45, 7) is 1.86. The van der Waals surface area contributed by atoms with Crippen LogP contribution < -0.4 is 5.32 Å². The van der Waals surface area contributed by atoms with Gasteiger partial charge in [-0.3, -0.25) is 0 Å². The summed E-state index contributed by atoms with van der Waals surface area (Å²) in [5.74, 6) is -1.45. The summed E-state index contributed by atoms with van der Waals surface area (Å²) in [4.78, 5) is 24.2. The summed E-state index contributed by atoms with van der Waals surface area (Å²) in [6, 6.07) is -1.99. The second-order valence-electron chi connectivity index (χ2n) is 5.61. The van der Waals surface area contributed by atoms with Crippen molar-refractivity contribution in [1.29, 1.82) is 0 Å². The molecule has 2 fully saturated rings. The smallest absolute Gasteiger partial charge is 0.411 e. The van der Waals surface area contributed by atoms with Gasteiger partial charge in [0.1, 0.15) is 11.6 Å². The van der Waals surface area contributed by atoms with E-state index < -0.39 is 29.8 Å². The van der Waals surface area contributed by atoms with Gasteiger partial charge in [0.05, 0.1) is 0 Å². The second kappa shape index (κ2) is 4.82. The Hall–Kier alpha value is -1.47. The van der Waals surface area contributed by atoms with E-state index in [-0.39, 0.29) is 25.3 Å². The first-order valence-electron chi connectivity index (χ1n) is 6.56. The number of nitrogens with one attached hydrogen (secondary N) is 1. The normalized spacial score (nSPS) is 28.9. The highest BCUT2D eigenvalue weighted by Crippen LogP contribution is 2.49. The minimum Gasteiger partial charge on any atom is -0.480 e. The average molecular weight is 294 g/mol. The van der Waals surface area contributed by atoms with E-state index >= 15 is 0 Å². The van der Waals surface area contributed by atoms with E-state index in [0.717, 1.165) is 4.90 Å². The van der Waals surface area contributed by atoms with Gasteiger partial charge in [0, 0.05) is 6.54 Å². The molecule has 1 aliphatic carbocycles. The first-order valence-corrected chi connectivity index (χ1v) is 6.56. The fourth-order valence-corrected chi connectivity index (χ4v) is 2.67. The predicted octanol–water partition coefficient (Wildman–Crippen LogP) is 1.98. The zero-order valence-electron chi connectivity index (χ0n) is 11.0. The molecular weight excluding hydrogens is 277 g/mol. The van der Waals surface area contributed by atoms with Gasteiger partial charge in [-0.15, -0.1) is 0 Å². The molecule has 2 aliphatic rings. The molecule has 8 heteroatoms. The Balaban J connectivity index is 2.10. The first-order chi connectivity index (χ1) is 9.18. The quantitative estimate of drug-likeness (QED) is 0.818. The van der Waals surface area contributed by atoms with Gasteiger partial charge >= 0.3 is 18.2 Å². The number of hydrogen-bond donors (Lipinski definition) is 2. The number of carbonyl (C=O) groups is 2. The molecule has 2 atom stereocenters. The van der Waals surface area contributed by atoms with Crippen LogP contribution in [0.1, 0.15) is 32.6 Å². The Bertz CT molecular complexity index is 421. The van der Waals surface area contributed by atoms with Gasteiger partial charge in [-0.2, -0.15) is 13.2 Å². The maximum atomic E-state index is 12.8. The van der Waals surface area contributed by atoms with Crippen molar-refractivity contribution in [2.45, 2.75) is 50.4 Å². The molecule has 1 saturated heterocycles. The number of urea groups is 1. The zero-order chi connectivity index (χ0) is 15.1. The highest BCUT2D eigenvalue weighted by atomic mass is 19.4. The molecule has 1 aliphatic heterocycles. The average Bonchev–Trinajstić information content (AvgIpc) is 3.08. The van der Waals surface area contributed by atoms with E-state index in [1.807, 2.05) is 5.32 Å². The number of carbonyl (C=O) groups excluding carboxylic acids is 1. The van der Waals surface area contributed by atoms with Crippen LogP contribution in [0.25, 0.3) is 0 Å². The molecule has 2 amide bonds. The van der Waals surface area contributed by atoms with Crippen LogP contribution in [0, 0.1) is 5.92 Å². The molecule has 0 spiro atoms. The van der Waals surface area contributed by atoms with Crippen LogP contribution in [0.4, 0.5) is 18.0 Å². The monoisotopic (exact) mass is 294 g/mol. The second-order valence-corrected chi connectivity index (χ2v) is 5.61. The summed E-state index contributed by atoms with van der Waals surface area (Å²) in [6.07, 6.45) is -3.56. The number of carboxylic acid groups (broad SMARTS) is 1. The van der Waals surface area contributed by atoms with Crippen LogP contribution in [0.2, 0.25) is 0 Å². The van der Waals surface area contributed by atoms with Crippen molar-refractivity contribution in [3.63, 3.8) is 0 Å². The molecule has 0 bridgehead atoms. The van der Waals surface area contributed by atoms with Crippen LogP contribution in [-0.2, 0) is 4.79 Å². The lowest BCUT2D eigenvalue weighted by Gasteiger charge is -2.38. The lowest BCUT2D eigenvalue weighted by molar-refractivity contribution is -0.163. The predicted molar refractivity (Wildman–Crippen MR) is 63.1 cm³/mol. The van der Waals surface area contributed by atoms with Crippen LogP contribution in [0.3, 0.4) is 0 Å². The van der Waals surface area contributed by atoms with Gasteiger partial charge in [0.2, 0.25) is 0 Å². The van der Waals surface area contributed by atoms with E-state index in [4.69, 9.17) is 5.11 Å². The first kappa shape index (κ1) is 14.9. The molecular formula is C12H17F3N2O3. The fourth-order valence-electron chi connectivity index (χ4n) is 2.67. The molecule has 114 valence electrons. The molecule has 2 N–H and O–H groups in total. The Labute approximate surface area is 114 Å². The van der Waals surface area contributed by atoms with Crippen molar-refractivity contribution in [3.8, 4) is 0 Å².